The molecule has 0 radical (unpaired) electrons. The number of amides is 1. The van der Waals surface area contributed by atoms with E-state index in [-0.39, 0.29) is 19.1 Å². The van der Waals surface area contributed by atoms with Gasteiger partial charge in [-0.1, -0.05) is 0 Å². The van der Waals surface area contributed by atoms with Gasteiger partial charge in [0, 0.05) is 23.1 Å². The molecule has 30 heavy (non-hydrogen) atoms. The van der Waals surface area contributed by atoms with E-state index < -0.39 is 5.97 Å². The van der Waals surface area contributed by atoms with Crippen LogP contribution in [-0.2, 0) is 27.4 Å². The highest BCUT2D eigenvalue weighted by Crippen LogP contribution is 2.27. The minimum atomic E-state index is -0.472. The molecule has 0 fully saturated rings. The standard InChI is InChI=1S/C22H20N2O5S/c1-27-17-5-2-14(3-6-17)22-23-16(13-30-22)11-29-21(26)12-28-18-7-8-19-15(10-18)4-9-20(25)24-19/h2-3,5-8,10,13H,4,9,11-12H2,1H3,(H,24,25). The Bertz CT molecular complexity index is 1060. The monoisotopic (exact) mass is 424 g/mol. The van der Waals surface area contributed by atoms with Gasteiger partial charge in [-0.05, 0) is 54.4 Å². The maximum atomic E-state index is 12.0. The molecule has 0 saturated carbocycles. The van der Waals surface area contributed by atoms with E-state index in [9.17, 15) is 9.59 Å². The van der Waals surface area contributed by atoms with Gasteiger partial charge in [0.2, 0.25) is 5.91 Å². The van der Waals surface area contributed by atoms with E-state index >= 15 is 0 Å². The van der Waals surface area contributed by atoms with Crippen LogP contribution in [0.1, 0.15) is 17.7 Å². The zero-order valence-electron chi connectivity index (χ0n) is 16.3. The number of esters is 1. The van der Waals surface area contributed by atoms with Gasteiger partial charge in [0.25, 0.3) is 0 Å². The van der Waals surface area contributed by atoms with Crippen molar-refractivity contribution >= 4 is 28.9 Å². The molecule has 0 spiro atoms. The van der Waals surface area contributed by atoms with Gasteiger partial charge in [-0.15, -0.1) is 11.3 Å². The lowest BCUT2D eigenvalue weighted by Crippen LogP contribution is -2.19. The van der Waals surface area contributed by atoms with Gasteiger partial charge in [0.1, 0.15) is 23.1 Å². The first-order valence-electron chi connectivity index (χ1n) is 9.41. The summed E-state index contributed by atoms with van der Waals surface area (Å²) < 4.78 is 16.0. The van der Waals surface area contributed by atoms with Gasteiger partial charge in [0.15, 0.2) is 6.61 Å². The van der Waals surface area contributed by atoms with Crippen LogP contribution in [0.4, 0.5) is 5.69 Å². The SMILES string of the molecule is COc1ccc(-c2nc(COC(=O)COc3ccc4c(c3)CCC(=O)N4)cs2)cc1. The summed E-state index contributed by atoms with van der Waals surface area (Å²) in [6.07, 6.45) is 1.10. The molecular weight excluding hydrogens is 404 g/mol. The van der Waals surface area contributed by atoms with Crippen molar-refractivity contribution in [2.24, 2.45) is 0 Å². The molecule has 0 aliphatic carbocycles. The molecule has 1 aliphatic heterocycles. The van der Waals surface area contributed by atoms with Crippen molar-refractivity contribution in [1.29, 1.82) is 0 Å². The van der Waals surface area contributed by atoms with Crippen molar-refractivity contribution < 1.29 is 23.8 Å². The second-order valence-electron chi connectivity index (χ2n) is 6.69. The Hall–Kier alpha value is -3.39. The molecule has 4 rings (SSSR count). The summed E-state index contributed by atoms with van der Waals surface area (Å²) in [6, 6.07) is 13.0. The third-order valence-electron chi connectivity index (χ3n) is 4.60. The Morgan fingerprint density at radius 3 is 2.73 bits per heavy atom. The van der Waals surface area contributed by atoms with E-state index in [0.717, 1.165) is 27.6 Å². The van der Waals surface area contributed by atoms with Gasteiger partial charge in [-0.3, -0.25) is 4.79 Å². The van der Waals surface area contributed by atoms with Crippen LogP contribution >= 0.6 is 11.3 Å². The lowest BCUT2D eigenvalue weighted by Gasteiger charge is -2.17. The number of hydrogen-bond acceptors (Lipinski definition) is 7. The average molecular weight is 424 g/mol. The van der Waals surface area contributed by atoms with Crippen molar-refractivity contribution in [2.45, 2.75) is 19.4 Å². The zero-order chi connectivity index (χ0) is 20.9. The van der Waals surface area contributed by atoms with Crippen molar-refractivity contribution in [2.75, 3.05) is 19.0 Å². The van der Waals surface area contributed by atoms with Crippen LogP contribution in [-0.4, -0.2) is 30.6 Å². The number of hydrogen-bond donors (Lipinski definition) is 1. The Labute approximate surface area is 177 Å². The zero-order valence-corrected chi connectivity index (χ0v) is 17.2. The number of thiazole rings is 1. The molecule has 1 aromatic heterocycles. The minimum Gasteiger partial charge on any atom is -0.497 e. The highest BCUT2D eigenvalue weighted by Gasteiger charge is 2.15. The first-order chi connectivity index (χ1) is 14.6. The van der Waals surface area contributed by atoms with Crippen LogP contribution in [0.25, 0.3) is 10.6 Å². The number of benzene rings is 2. The topological polar surface area (TPSA) is 86.8 Å². The number of nitrogens with zero attached hydrogens (tertiary/aromatic N) is 1. The van der Waals surface area contributed by atoms with E-state index in [1.54, 1.807) is 19.2 Å². The molecule has 0 saturated heterocycles. The molecule has 1 N–H and O–H groups in total. The number of carbonyl (C=O) groups excluding carboxylic acids is 2. The molecule has 0 unspecified atom stereocenters. The van der Waals surface area contributed by atoms with Crippen LogP contribution < -0.4 is 14.8 Å². The number of aromatic nitrogens is 1. The summed E-state index contributed by atoms with van der Waals surface area (Å²) in [5.74, 6) is 0.891. The Morgan fingerprint density at radius 1 is 1.13 bits per heavy atom. The number of nitrogens with one attached hydrogen (secondary N) is 1. The fourth-order valence-electron chi connectivity index (χ4n) is 3.03. The van der Waals surface area contributed by atoms with Crippen LogP contribution in [0.15, 0.2) is 47.8 Å². The van der Waals surface area contributed by atoms with E-state index in [2.05, 4.69) is 10.3 Å². The lowest BCUT2D eigenvalue weighted by atomic mass is 10.0. The molecule has 1 aliphatic rings. The molecule has 2 heterocycles. The van der Waals surface area contributed by atoms with E-state index in [4.69, 9.17) is 14.2 Å². The molecule has 3 aromatic rings. The number of ether oxygens (including phenoxy) is 3. The number of aryl methyl sites for hydroxylation is 1. The molecule has 2 aromatic carbocycles. The number of carbonyl (C=O) groups is 2. The molecule has 0 atom stereocenters. The van der Waals surface area contributed by atoms with Crippen molar-refractivity contribution in [3.05, 3.63) is 59.1 Å². The van der Waals surface area contributed by atoms with E-state index in [1.807, 2.05) is 35.7 Å². The number of fused-ring (bicyclic) bond motifs is 1. The van der Waals surface area contributed by atoms with Gasteiger partial charge in [-0.25, -0.2) is 9.78 Å². The van der Waals surface area contributed by atoms with Gasteiger partial charge in [0.05, 0.1) is 12.8 Å². The maximum absolute atomic E-state index is 12.0. The molecule has 7 nitrogen and oxygen atoms in total. The van der Waals surface area contributed by atoms with Crippen LogP contribution in [0.2, 0.25) is 0 Å². The summed E-state index contributed by atoms with van der Waals surface area (Å²) in [7, 11) is 1.62. The largest absolute Gasteiger partial charge is 0.497 e. The molecule has 154 valence electrons. The maximum Gasteiger partial charge on any atom is 0.344 e. The first-order valence-corrected chi connectivity index (χ1v) is 10.3. The van der Waals surface area contributed by atoms with Crippen molar-refractivity contribution in [1.82, 2.24) is 4.98 Å². The molecule has 1 amide bonds. The molecule has 8 heteroatoms. The van der Waals surface area contributed by atoms with E-state index in [1.165, 1.54) is 11.3 Å². The highest BCUT2D eigenvalue weighted by atomic mass is 32.1. The predicted octanol–water partition coefficient (Wildman–Crippen LogP) is 3.83. The Kier molecular flexibility index (Phi) is 5.94. The van der Waals surface area contributed by atoms with Crippen LogP contribution in [0.3, 0.4) is 0 Å². The predicted molar refractivity (Wildman–Crippen MR) is 113 cm³/mol. The summed E-state index contributed by atoms with van der Waals surface area (Å²) in [6.45, 7) is -0.105. The normalized spacial score (nSPS) is 12.6. The van der Waals surface area contributed by atoms with Gasteiger partial charge < -0.3 is 19.5 Å². The van der Waals surface area contributed by atoms with Crippen LogP contribution in [0, 0.1) is 0 Å². The van der Waals surface area contributed by atoms with Crippen LogP contribution in [0.5, 0.6) is 11.5 Å². The highest BCUT2D eigenvalue weighted by molar-refractivity contribution is 7.13. The third kappa shape index (κ3) is 4.77. The summed E-state index contributed by atoms with van der Waals surface area (Å²) >= 11 is 1.49. The average Bonchev–Trinajstić information content (AvgIpc) is 3.25. The first kappa shape index (κ1) is 19.9. The number of methoxy groups -OCH3 is 1. The summed E-state index contributed by atoms with van der Waals surface area (Å²) in [4.78, 5) is 27.9. The molecule has 0 bridgehead atoms. The van der Waals surface area contributed by atoms with Crippen molar-refractivity contribution in [3.8, 4) is 22.1 Å². The van der Waals surface area contributed by atoms with E-state index in [0.29, 0.717) is 24.3 Å². The Balaban J connectivity index is 1.27. The fourth-order valence-corrected chi connectivity index (χ4v) is 3.84. The third-order valence-corrected chi connectivity index (χ3v) is 5.54. The summed E-state index contributed by atoms with van der Waals surface area (Å²) in [5, 5.41) is 5.53. The second kappa shape index (κ2) is 8.96. The smallest absolute Gasteiger partial charge is 0.344 e. The summed E-state index contributed by atoms with van der Waals surface area (Å²) in [5.41, 5.74) is 3.44. The molecular formula is C22H20N2O5S. The fraction of sp³-hybridized carbons (Fsp3) is 0.227. The van der Waals surface area contributed by atoms with Gasteiger partial charge in [-0.2, -0.15) is 0 Å². The quantitative estimate of drug-likeness (QED) is 0.580. The number of rotatable bonds is 7. The van der Waals surface area contributed by atoms with Crippen molar-refractivity contribution in [3.63, 3.8) is 0 Å². The second-order valence-corrected chi connectivity index (χ2v) is 7.55. The van der Waals surface area contributed by atoms with Gasteiger partial charge >= 0.3 is 5.97 Å². The lowest BCUT2D eigenvalue weighted by molar-refractivity contribution is -0.147. The Morgan fingerprint density at radius 2 is 1.93 bits per heavy atom. The number of anilines is 1. The minimum absolute atomic E-state index is 0.0111.